The fourth-order valence-corrected chi connectivity index (χ4v) is 0.919. The van der Waals surface area contributed by atoms with Crippen LogP contribution >= 0.6 is 0 Å². The second-order valence-electron chi connectivity index (χ2n) is 2.97. The minimum atomic E-state index is -1.08. The summed E-state index contributed by atoms with van der Waals surface area (Å²) in [4.78, 5) is 33.9. The molecule has 6 nitrogen and oxygen atoms in total. The SMILES string of the molecule is C#CCN(CC)C(=O)NC(=O)CCC(=O)O. The minimum absolute atomic E-state index is 0.106. The Bertz CT molecular complexity index is 319. The second-order valence-corrected chi connectivity index (χ2v) is 2.97. The highest BCUT2D eigenvalue weighted by Crippen LogP contribution is 1.92. The highest BCUT2D eigenvalue weighted by molar-refractivity contribution is 5.95. The lowest BCUT2D eigenvalue weighted by Gasteiger charge is -2.17. The first kappa shape index (κ1) is 14.0. The van der Waals surface area contributed by atoms with Gasteiger partial charge in [0.05, 0.1) is 13.0 Å². The van der Waals surface area contributed by atoms with E-state index in [4.69, 9.17) is 11.5 Å². The average Bonchev–Trinajstić information content (AvgIpc) is 2.22. The highest BCUT2D eigenvalue weighted by atomic mass is 16.4. The number of nitrogens with zero attached hydrogens (tertiary/aromatic N) is 1. The Hall–Kier alpha value is -2.03. The van der Waals surface area contributed by atoms with Crippen LogP contribution < -0.4 is 5.32 Å². The summed E-state index contributed by atoms with van der Waals surface area (Å²) in [6.45, 7) is 2.20. The van der Waals surface area contributed by atoms with Crippen LogP contribution in [-0.4, -0.2) is 41.0 Å². The number of nitrogens with one attached hydrogen (secondary N) is 1. The van der Waals surface area contributed by atoms with E-state index in [2.05, 4.69) is 11.2 Å². The number of hydrogen-bond acceptors (Lipinski definition) is 3. The molecule has 6 heteroatoms. The van der Waals surface area contributed by atoms with Gasteiger partial charge in [0.25, 0.3) is 0 Å². The van der Waals surface area contributed by atoms with Crippen molar-refractivity contribution < 1.29 is 19.5 Å². The minimum Gasteiger partial charge on any atom is -0.481 e. The predicted molar refractivity (Wildman–Crippen MR) is 56.5 cm³/mol. The number of carboxylic acid groups (broad SMARTS) is 1. The van der Waals surface area contributed by atoms with Gasteiger partial charge in [0, 0.05) is 13.0 Å². The summed E-state index contributed by atoms with van der Waals surface area (Å²) in [5.74, 6) is 0.576. The molecule has 0 bridgehead atoms. The maximum absolute atomic E-state index is 11.4. The fourth-order valence-electron chi connectivity index (χ4n) is 0.919. The van der Waals surface area contributed by atoms with E-state index in [1.54, 1.807) is 6.92 Å². The van der Waals surface area contributed by atoms with Crippen molar-refractivity contribution >= 4 is 17.9 Å². The van der Waals surface area contributed by atoms with Gasteiger partial charge in [-0.2, -0.15) is 0 Å². The molecule has 0 atom stereocenters. The normalized spacial score (nSPS) is 9.00. The molecule has 2 N–H and O–H groups in total. The molecule has 0 heterocycles. The van der Waals surface area contributed by atoms with Gasteiger partial charge in [0.1, 0.15) is 0 Å². The Morgan fingerprint density at radius 2 is 2.00 bits per heavy atom. The number of aliphatic carboxylic acids is 1. The van der Waals surface area contributed by atoms with E-state index < -0.39 is 17.9 Å². The van der Waals surface area contributed by atoms with Crippen LogP contribution in [-0.2, 0) is 9.59 Å². The zero-order chi connectivity index (χ0) is 12.6. The lowest BCUT2D eigenvalue weighted by molar-refractivity contribution is -0.138. The summed E-state index contributed by atoms with van der Waals surface area (Å²) >= 11 is 0. The van der Waals surface area contributed by atoms with Gasteiger partial charge < -0.3 is 10.0 Å². The van der Waals surface area contributed by atoms with Gasteiger partial charge >= 0.3 is 12.0 Å². The summed E-state index contributed by atoms with van der Waals surface area (Å²) in [6, 6.07) is -0.601. The summed E-state index contributed by atoms with van der Waals surface area (Å²) in [7, 11) is 0. The first-order valence-electron chi connectivity index (χ1n) is 4.75. The zero-order valence-electron chi connectivity index (χ0n) is 9.02. The largest absolute Gasteiger partial charge is 0.481 e. The molecule has 0 aromatic rings. The van der Waals surface area contributed by atoms with Crippen molar-refractivity contribution in [2.45, 2.75) is 19.8 Å². The molecule has 0 unspecified atom stereocenters. The Balaban J connectivity index is 4.07. The lowest BCUT2D eigenvalue weighted by Crippen LogP contribution is -2.43. The van der Waals surface area contributed by atoms with Crippen molar-refractivity contribution in [3.63, 3.8) is 0 Å². The number of carboxylic acids is 1. The van der Waals surface area contributed by atoms with Gasteiger partial charge in [-0.1, -0.05) is 5.92 Å². The number of carbonyl (C=O) groups excluding carboxylic acids is 2. The smallest absolute Gasteiger partial charge is 0.324 e. The molecule has 16 heavy (non-hydrogen) atoms. The Labute approximate surface area is 93.6 Å². The van der Waals surface area contributed by atoms with Crippen molar-refractivity contribution in [1.82, 2.24) is 10.2 Å². The Morgan fingerprint density at radius 3 is 2.44 bits per heavy atom. The summed E-state index contributed by atoms with van der Waals surface area (Å²) in [5.41, 5.74) is 0. The molecule has 0 fully saturated rings. The molecule has 0 aromatic carbocycles. The van der Waals surface area contributed by atoms with Crippen LogP contribution in [0.3, 0.4) is 0 Å². The number of urea groups is 1. The number of rotatable bonds is 5. The lowest BCUT2D eigenvalue weighted by atomic mass is 10.3. The summed E-state index contributed by atoms with van der Waals surface area (Å²) < 4.78 is 0. The molecule has 0 saturated carbocycles. The molecule has 0 radical (unpaired) electrons. The van der Waals surface area contributed by atoms with E-state index in [9.17, 15) is 14.4 Å². The fraction of sp³-hybridized carbons (Fsp3) is 0.500. The van der Waals surface area contributed by atoms with Gasteiger partial charge in [0.2, 0.25) is 5.91 Å². The van der Waals surface area contributed by atoms with E-state index >= 15 is 0 Å². The van der Waals surface area contributed by atoms with Crippen LogP contribution in [0.1, 0.15) is 19.8 Å². The van der Waals surface area contributed by atoms with Crippen LogP contribution in [0, 0.1) is 12.3 Å². The van der Waals surface area contributed by atoms with Crippen molar-refractivity contribution in [3.05, 3.63) is 0 Å². The Kier molecular flexibility index (Phi) is 6.36. The molecular formula is C10H14N2O4. The van der Waals surface area contributed by atoms with Crippen molar-refractivity contribution in [3.8, 4) is 12.3 Å². The third kappa shape index (κ3) is 5.65. The number of imide groups is 1. The summed E-state index contributed by atoms with van der Waals surface area (Å²) in [5, 5.41) is 10.4. The number of amides is 3. The molecule has 0 aliphatic rings. The Morgan fingerprint density at radius 1 is 1.38 bits per heavy atom. The zero-order valence-corrected chi connectivity index (χ0v) is 9.02. The van der Waals surface area contributed by atoms with E-state index in [1.807, 2.05) is 0 Å². The monoisotopic (exact) mass is 226 g/mol. The van der Waals surface area contributed by atoms with Gasteiger partial charge in [-0.05, 0) is 6.92 Å². The van der Waals surface area contributed by atoms with E-state index in [1.165, 1.54) is 4.90 Å². The number of hydrogen-bond donors (Lipinski definition) is 2. The average molecular weight is 226 g/mol. The van der Waals surface area contributed by atoms with Crippen LogP contribution in [0.5, 0.6) is 0 Å². The van der Waals surface area contributed by atoms with Crippen molar-refractivity contribution in [1.29, 1.82) is 0 Å². The van der Waals surface area contributed by atoms with Crippen LogP contribution in [0.25, 0.3) is 0 Å². The van der Waals surface area contributed by atoms with Crippen LogP contribution in [0.15, 0.2) is 0 Å². The van der Waals surface area contributed by atoms with Gasteiger partial charge in [-0.3, -0.25) is 14.9 Å². The number of terminal acetylenes is 1. The molecule has 0 aliphatic carbocycles. The topological polar surface area (TPSA) is 86.7 Å². The predicted octanol–water partition coefficient (Wildman–Crippen LogP) is 0.0425. The van der Waals surface area contributed by atoms with E-state index in [-0.39, 0.29) is 19.4 Å². The van der Waals surface area contributed by atoms with E-state index in [0.717, 1.165) is 0 Å². The first-order valence-corrected chi connectivity index (χ1v) is 4.75. The molecule has 3 amide bonds. The van der Waals surface area contributed by atoms with Gasteiger partial charge in [0.15, 0.2) is 0 Å². The molecule has 88 valence electrons. The second kappa shape index (κ2) is 7.29. The van der Waals surface area contributed by atoms with Crippen LogP contribution in [0.2, 0.25) is 0 Å². The molecule has 0 spiro atoms. The van der Waals surface area contributed by atoms with Gasteiger partial charge in [-0.15, -0.1) is 6.42 Å². The highest BCUT2D eigenvalue weighted by Gasteiger charge is 2.14. The van der Waals surface area contributed by atoms with E-state index in [0.29, 0.717) is 6.54 Å². The summed E-state index contributed by atoms with van der Waals surface area (Å²) in [6.07, 6.45) is 4.51. The quantitative estimate of drug-likeness (QED) is 0.648. The molecular weight excluding hydrogens is 212 g/mol. The third-order valence-electron chi connectivity index (χ3n) is 1.76. The molecule has 0 aromatic heterocycles. The molecule has 0 saturated heterocycles. The number of carbonyl (C=O) groups is 3. The van der Waals surface area contributed by atoms with Crippen LogP contribution in [0.4, 0.5) is 4.79 Å². The van der Waals surface area contributed by atoms with Gasteiger partial charge in [-0.25, -0.2) is 4.79 Å². The first-order chi connectivity index (χ1) is 7.51. The standard InChI is InChI=1S/C10H14N2O4/c1-3-7-12(4-2)10(16)11-8(13)5-6-9(14)15/h1H,4-7H2,2H3,(H,14,15)(H,11,13,16). The van der Waals surface area contributed by atoms with Crippen molar-refractivity contribution in [2.75, 3.05) is 13.1 Å². The molecule has 0 aliphatic heterocycles. The maximum atomic E-state index is 11.4. The van der Waals surface area contributed by atoms with Crippen molar-refractivity contribution in [2.24, 2.45) is 0 Å². The molecule has 0 rings (SSSR count). The maximum Gasteiger partial charge on any atom is 0.324 e. The third-order valence-corrected chi connectivity index (χ3v) is 1.76.